The molecule has 0 fully saturated rings. The van der Waals surface area contributed by atoms with E-state index in [-0.39, 0.29) is 0 Å². The number of para-hydroxylation sites is 2. The molecule has 3 aromatic carbocycles. The Morgan fingerprint density at radius 2 is 1.80 bits per heavy atom. The summed E-state index contributed by atoms with van der Waals surface area (Å²) in [5, 5.41) is 7.05. The average molecular weight is 415 g/mol. The summed E-state index contributed by atoms with van der Waals surface area (Å²) in [6.07, 6.45) is 0. The van der Waals surface area contributed by atoms with Crippen LogP contribution in [0.25, 0.3) is 33.3 Å². The first kappa shape index (κ1) is 18.5. The molecular weight excluding hydrogens is 396 g/mol. The smallest absolute Gasteiger partial charge is 0.222 e. The third-order valence-electron chi connectivity index (χ3n) is 4.98. The molecule has 30 heavy (non-hydrogen) atoms. The standard InChI is InChI=1S/C24H19ClN4O/c1-14-11-15(2)23-18(12-14)21(13-22(30-23)16-7-9-17(25)10-8-16)28-29-24-26-19-5-3-4-6-20(19)27-24/h3-13H,1-2H3,(H2,26,27,29)/b28-21+. The number of anilines is 1. The van der Waals surface area contributed by atoms with Gasteiger partial charge in [0.15, 0.2) is 0 Å². The van der Waals surface area contributed by atoms with Crippen LogP contribution < -0.4 is 10.8 Å². The maximum absolute atomic E-state index is 6.26. The molecule has 148 valence electrons. The van der Waals surface area contributed by atoms with Gasteiger partial charge in [-0.15, -0.1) is 0 Å². The number of fused-ring (bicyclic) bond motifs is 2. The number of hydrogen-bond acceptors (Lipinski definition) is 4. The molecule has 2 N–H and O–H groups in total. The van der Waals surface area contributed by atoms with Crippen molar-refractivity contribution in [1.29, 1.82) is 0 Å². The maximum atomic E-state index is 6.26. The summed E-state index contributed by atoms with van der Waals surface area (Å²) >= 11 is 6.05. The van der Waals surface area contributed by atoms with Crippen molar-refractivity contribution in [3.63, 3.8) is 0 Å². The van der Waals surface area contributed by atoms with Crippen molar-refractivity contribution in [1.82, 2.24) is 9.97 Å². The van der Waals surface area contributed by atoms with Crippen LogP contribution in [0.3, 0.4) is 0 Å². The molecule has 6 heteroatoms. The first-order valence-electron chi connectivity index (χ1n) is 9.62. The monoisotopic (exact) mass is 414 g/mol. The zero-order valence-corrected chi connectivity index (χ0v) is 17.3. The summed E-state index contributed by atoms with van der Waals surface area (Å²) in [7, 11) is 0. The van der Waals surface area contributed by atoms with E-state index in [0.29, 0.717) is 11.0 Å². The van der Waals surface area contributed by atoms with E-state index in [4.69, 9.17) is 16.0 Å². The highest BCUT2D eigenvalue weighted by Gasteiger charge is 2.10. The van der Waals surface area contributed by atoms with Crippen LogP contribution in [0.2, 0.25) is 5.02 Å². The molecule has 0 unspecified atom stereocenters. The summed E-state index contributed by atoms with van der Waals surface area (Å²) in [5.41, 5.74) is 8.85. The molecule has 0 radical (unpaired) electrons. The zero-order valence-electron chi connectivity index (χ0n) is 16.5. The predicted molar refractivity (Wildman–Crippen MR) is 121 cm³/mol. The minimum Gasteiger partial charge on any atom is -0.456 e. The fourth-order valence-electron chi connectivity index (χ4n) is 3.59. The largest absolute Gasteiger partial charge is 0.456 e. The zero-order chi connectivity index (χ0) is 20.7. The van der Waals surface area contributed by atoms with Gasteiger partial charge >= 0.3 is 0 Å². The van der Waals surface area contributed by atoms with Crippen LogP contribution in [0.1, 0.15) is 11.1 Å². The summed E-state index contributed by atoms with van der Waals surface area (Å²) in [6, 6.07) is 21.6. The molecule has 0 spiro atoms. The van der Waals surface area contributed by atoms with Gasteiger partial charge in [-0.1, -0.05) is 29.8 Å². The lowest BCUT2D eigenvalue weighted by Crippen LogP contribution is -2.08. The van der Waals surface area contributed by atoms with Crippen molar-refractivity contribution in [3.8, 4) is 11.3 Å². The van der Waals surface area contributed by atoms with E-state index in [1.54, 1.807) is 0 Å². The summed E-state index contributed by atoms with van der Waals surface area (Å²) < 4.78 is 6.26. The van der Waals surface area contributed by atoms with Gasteiger partial charge in [-0.25, -0.2) is 10.4 Å². The van der Waals surface area contributed by atoms with Gasteiger partial charge in [0.2, 0.25) is 5.95 Å². The van der Waals surface area contributed by atoms with Gasteiger partial charge in [0, 0.05) is 22.0 Å². The number of rotatable bonds is 3. The predicted octanol–water partition coefficient (Wildman–Crippen LogP) is 6.17. The van der Waals surface area contributed by atoms with Crippen LogP contribution >= 0.6 is 11.6 Å². The third kappa shape index (κ3) is 3.44. The van der Waals surface area contributed by atoms with Crippen LogP contribution in [0.15, 0.2) is 76.2 Å². The lowest BCUT2D eigenvalue weighted by molar-refractivity contribution is 0.615. The molecule has 0 aliphatic carbocycles. The number of nitrogens with one attached hydrogen (secondary N) is 2. The Kier molecular flexibility index (Phi) is 4.52. The lowest BCUT2D eigenvalue weighted by atomic mass is 10.1. The minimum atomic E-state index is 0.586. The number of hydrogen-bond donors (Lipinski definition) is 2. The molecule has 0 saturated carbocycles. The van der Waals surface area contributed by atoms with Gasteiger partial charge in [-0.3, -0.25) is 0 Å². The topological polar surface area (TPSA) is 66.2 Å². The van der Waals surface area contributed by atoms with Crippen molar-refractivity contribution in [3.05, 3.63) is 88.2 Å². The summed E-state index contributed by atoms with van der Waals surface area (Å²) in [6.45, 7) is 4.11. The SMILES string of the molecule is Cc1cc(C)c2oc(-c3ccc(Cl)cc3)c/c(=N\Nc3nc4ccccc4[nH]3)c2c1. The molecule has 0 bridgehead atoms. The fourth-order valence-corrected chi connectivity index (χ4v) is 3.72. The van der Waals surface area contributed by atoms with E-state index in [1.165, 1.54) is 0 Å². The number of aromatic nitrogens is 2. The Morgan fingerprint density at radius 1 is 1.00 bits per heavy atom. The first-order valence-corrected chi connectivity index (χ1v) is 10.0. The molecular formula is C24H19ClN4O. The molecule has 0 saturated heterocycles. The Hall–Kier alpha value is -3.57. The Labute approximate surface area is 178 Å². The third-order valence-corrected chi connectivity index (χ3v) is 5.23. The summed E-state index contributed by atoms with van der Waals surface area (Å²) in [5.74, 6) is 1.30. The van der Waals surface area contributed by atoms with Crippen LogP contribution in [0.5, 0.6) is 0 Å². The van der Waals surface area contributed by atoms with Crippen LogP contribution in [-0.2, 0) is 0 Å². The number of aromatic amines is 1. The van der Waals surface area contributed by atoms with E-state index in [0.717, 1.165) is 49.8 Å². The number of benzene rings is 3. The van der Waals surface area contributed by atoms with Crippen LogP contribution in [0.4, 0.5) is 5.95 Å². The van der Waals surface area contributed by atoms with Crippen LogP contribution in [-0.4, -0.2) is 9.97 Å². The molecule has 5 rings (SSSR count). The maximum Gasteiger partial charge on any atom is 0.222 e. The second-order valence-electron chi connectivity index (χ2n) is 7.29. The highest BCUT2D eigenvalue weighted by molar-refractivity contribution is 6.30. The highest BCUT2D eigenvalue weighted by atomic mass is 35.5. The Bertz CT molecular complexity index is 1420. The minimum absolute atomic E-state index is 0.586. The molecule has 2 heterocycles. The van der Waals surface area contributed by atoms with E-state index >= 15 is 0 Å². The van der Waals surface area contributed by atoms with Gasteiger partial charge < -0.3 is 9.40 Å². The van der Waals surface area contributed by atoms with E-state index in [1.807, 2.05) is 61.5 Å². The van der Waals surface area contributed by atoms with Crippen molar-refractivity contribution in [2.24, 2.45) is 5.10 Å². The van der Waals surface area contributed by atoms with E-state index < -0.39 is 0 Å². The van der Waals surface area contributed by atoms with Crippen LogP contribution in [0, 0.1) is 13.8 Å². The van der Waals surface area contributed by atoms with Gasteiger partial charge in [0.1, 0.15) is 11.3 Å². The molecule has 0 amide bonds. The van der Waals surface area contributed by atoms with Gasteiger partial charge in [0.05, 0.1) is 16.4 Å². The fraction of sp³-hybridized carbons (Fsp3) is 0.0833. The van der Waals surface area contributed by atoms with E-state index in [2.05, 4.69) is 39.6 Å². The van der Waals surface area contributed by atoms with E-state index in [9.17, 15) is 0 Å². The number of H-pyrrole nitrogens is 1. The van der Waals surface area contributed by atoms with Gasteiger partial charge in [-0.2, -0.15) is 5.10 Å². The van der Waals surface area contributed by atoms with Crippen molar-refractivity contribution in [2.45, 2.75) is 13.8 Å². The Morgan fingerprint density at radius 3 is 2.60 bits per heavy atom. The lowest BCUT2D eigenvalue weighted by Gasteiger charge is -2.08. The quantitative estimate of drug-likeness (QED) is 0.347. The van der Waals surface area contributed by atoms with Crippen molar-refractivity contribution < 1.29 is 4.42 Å². The molecule has 0 atom stereocenters. The second kappa shape index (κ2) is 7.35. The normalized spacial score (nSPS) is 12.0. The molecule has 0 aliphatic rings. The number of aryl methyl sites for hydroxylation is 2. The first-order chi connectivity index (χ1) is 14.6. The molecule has 0 aliphatic heterocycles. The average Bonchev–Trinajstić information content (AvgIpc) is 3.16. The number of imidazole rings is 1. The van der Waals surface area contributed by atoms with Crippen molar-refractivity contribution in [2.75, 3.05) is 5.43 Å². The van der Waals surface area contributed by atoms with Gasteiger partial charge in [0.25, 0.3) is 0 Å². The Balaban J connectivity index is 1.68. The molecule has 5 aromatic rings. The molecule has 5 nitrogen and oxygen atoms in total. The number of halogens is 1. The highest BCUT2D eigenvalue weighted by Crippen LogP contribution is 2.26. The second-order valence-corrected chi connectivity index (χ2v) is 7.72. The number of nitrogens with zero attached hydrogens (tertiary/aromatic N) is 2. The summed E-state index contributed by atoms with van der Waals surface area (Å²) in [4.78, 5) is 7.77. The molecule has 2 aromatic heterocycles. The van der Waals surface area contributed by atoms with Crippen molar-refractivity contribution >= 4 is 39.6 Å². The van der Waals surface area contributed by atoms with Gasteiger partial charge in [-0.05, 0) is 67.4 Å².